The Kier molecular flexibility index (Phi) is 4.67. The van der Waals surface area contributed by atoms with Crippen molar-refractivity contribution in [3.63, 3.8) is 0 Å². The van der Waals surface area contributed by atoms with Crippen LogP contribution in [0.4, 0.5) is 0 Å². The van der Waals surface area contributed by atoms with Gasteiger partial charge in [0.25, 0.3) is 0 Å². The van der Waals surface area contributed by atoms with E-state index in [-0.39, 0.29) is 11.6 Å². The number of rotatable bonds is 0. The van der Waals surface area contributed by atoms with Gasteiger partial charge in [0.2, 0.25) is 0 Å². The van der Waals surface area contributed by atoms with Crippen molar-refractivity contribution in [3.8, 4) is 0 Å². The topological polar surface area (TPSA) is 73.3 Å². The number of fused-ring (bicyclic) bond motifs is 7. The van der Waals surface area contributed by atoms with Crippen LogP contribution in [0.2, 0.25) is 0 Å². The molecule has 2 saturated carbocycles. The predicted octanol–water partition coefficient (Wildman–Crippen LogP) is 5.00. The van der Waals surface area contributed by atoms with Crippen LogP contribution >= 0.6 is 0 Å². The minimum Gasteiger partial charge on any atom is -0.364 e. The van der Waals surface area contributed by atoms with Gasteiger partial charge in [-0.3, -0.25) is 0 Å². The van der Waals surface area contributed by atoms with E-state index in [0.29, 0.717) is 17.3 Å². The van der Waals surface area contributed by atoms with E-state index in [2.05, 4.69) is 38.2 Å². The summed E-state index contributed by atoms with van der Waals surface area (Å²) >= 11 is 0. The number of aromatic nitrogens is 1. The van der Waals surface area contributed by atoms with Gasteiger partial charge in [0, 0.05) is 11.5 Å². The molecule has 0 aromatic carbocycles. The second-order valence-electron chi connectivity index (χ2n) is 13.7. The van der Waals surface area contributed by atoms with Crippen LogP contribution in [0.1, 0.15) is 83.9 Å². The number of nitrogens with one attached hydrogen (secondary N) is 1. The predicted molar refractivity (Wildman–Crippen MR) is 132 cm³/mol. The van der Waals surface area contributed by atoms with E-state index < -0.39 is 5.72 Å². The molecular formula is C29H43N3O2. The van der Waals surface area contributed by atoms with Crippen molar-refractivity contribution in [2.24, 2.45) is 46.7 Å². The summed E-state index contributed by atoms with van der Waals surface area (Å²) in [6, 6.07) is 0.279. The van der Waals surface area contributed by atoms with Crippen LogP contribution < -0.4 is 11.1 Å². The quantitative estimate of drug-likeness (QED) is 0.528. The molecule has 4 fully saturated rings. The van der Waals surface area contributed by atoms with Crippen molar-refractivity contribution >= 4 is 0 Å². The third kappa shape index (κ3) is 2.87. The fourth-order valence-electron chi connectivity index (χ4n) is 10.2. The largest absolute Gasteiger partial charge is 0.364 e. The molecule has 7 rings (SSSR count). The molecule has 5 heteroatoms. The van der Waals surface area contributed by atoms with Crippen LogP contribution in [0.5, 0.6) is 0 Å². The highest BCUT2D eigenvalue weighted by molar-refractivity contribution is 5.32. The summed E-state index contributed by atoms with van der Waals surface area (Å²) in [7, 11) is 0. The summed E-state index contributed by atoms with van der Waals surface area (Å²) < 4.78 is 12.4. The maximum atomic E-state index is 7.02. The zero-order chi connectivity index (χ0) is 23.5. The molecule has 1 aromatic heterocycles. The minimum absolute atomic E-state index is 0.100. The van der Waals surface area contributed by atoms with E-state index in [1.807, 2.05) is 6.26 Å². The van der Waals surface area contributed by atoms with Gasteiger partial charge in [-0.25, -0.2) is 0 Å². The molecular weight excluding hydrogens is 422 g/mol. The standard InChI is InChI=1S/C29H43N3O2/c1-16-11-29(30)26(31-14-16)18(3)28(34-29)8-7-21-22-6-5-20-9-25-19(15-33-32-25)13-27(20,4)24(22)10-23(21)17(2)12-28/h15-16,18,20-22,24,26,31H,5-14,30H2,1-4H3/t16-,18+,20+,21-,22-,24-,26-,27-,28-,29+/m0/s1. The monoisotopic (exact) mass is 465 g/mol. The number of hydrogen-bond donors (Lipinski definition) is 2. The van der Waals surface area contributed by atoms with Gasteiger partial charge in [-0.1, -0.05) is 37.1 Å². The first-order valence-electron chi connectivity index (χ1n) is 14.1. The van der Waals surface area contributed by atoms with Crippen molar-refractivity contribution in [1.29, 1.82) is 0 Å². The van der Waals surface area contributed by atoms with Crippen LogP contribution in [0.3, 0.4) is 0 Å². The summed E-state index contributed by atoms with van der Waals surface area (Å²) in [6.45, 7) is 10.8. The Balaban J connectivity index is 1.20. The molecule has 0 radical (unpaired) electrons. The Hall–Kier alpha value is -1.17. The summed E-state index contributed by atoms with van der Waals surface area (Å²) in [4.78, 5) is 0. The molecule has 2 aliphatic heterocycles. The number of ether oxygens (including phenoxy) is 1. The average Bonchev–Trinajstić information content (AvgIpc) is 3.41. The van der Waals surface area contributed by atoms with Crippen molar-refractivity contribution in [2.75, 3.05) is 6.54 Å². The van der Waals surface area contributed by atoms with Gasteiger partial charge in [0.15, 0.2) is 0 Å². The summed E-state index contributed by atoms with van der Waals surface area (Å²) in [6.07, 6.45) is 12.7. The van der Waals surface area contributed by atoms with Gasteiger partial charge in [-0.15, -0.1) is 0 Å². The third-order valence-electron chi connectivity index (χ3n) is 11.9. The molecule has 1 aromatic rings. The highest BCUT2D eigenvalue weighted by Crippen LogP contribution is 2.64. The zero-order valence-corrected chi connectivity index (χ0v) is 21.5. The van der Waals surface area contributed by atoms with E-state index in [4.69, 9.17) is 15.0 Å². The number of nitrogens with zero attached hydrogens (tertiary/aromatic N) is 1. The molecule has 34 heavy (non-hydrogen) atoms. The first kappa shape index (κ1) is 22.1. The Labute approximate surface area is 204 Å². The van der Waals surface area contributed by atoms with Crippen molar-refractivity contribution in [1.82, 2.24) is 10.5 Å². The lowest BCUT2D eigenvalue weighted by molar-refractivity contribution is -0.131. The van der Waals surface area contributed by atoms with E-state index in [1.54, 1.807) is 11.1 Å². The fraction of sp³-hybridized carbons (Fsp3) is 0.828. The number of piperidine rings is 1. The summed E-state index contributed by atoms with van der Waals surface area (Å²) in [5.41, 5.74) is 12.8. The fourth-order valence-corrected chi connectivity index (χ4v) is 10.2. The third-order valence-corrected chi connectivity index (χ3v) is 11.9. The van der Waals surface area contributed by atoms with Gasteiger partial charge in [0.05, 0.1) is 17.3 Å². The van der Waals surface area contributed by atoms with Gasteiger partial charge < -0.3 is 20.3 Å². The first-order valence-corrected chi connectivity index (χ1v) is 14.1. The molecule has 0 unspecified atom stereocenters. The van der Waals surface area contributed by atoms with E-state index >= 15 is 0 Å². The second-order valence-corrected chi connectivity index (χ2v) is 13.7. The van der Waals surface area contributed by atoms with E-state index in [9.17, 15) is 0 Å². The van der Waals surface area contributed by atoms with Crippen molar-refractivity contribution in [3.05, 3.63) is 28.7 Å². The normalized spacial score (nSPS) is 52.0. The maximum absolute atomic E-state index is 7.02. The van der Waals surface area contributed by atoms with Crippen LogP contribution in [-0.2, 0) is 17.6 Å². The molecule has 10 atom stereocenters. The second kappa shape index (κ2) is 7.20. The lowest BCUT2D eigenvalue weighted by atomic mass is 9.52. The van der Waals surface area contributed by atoms with Gasteiger partial charge >= 0.3 is 0 Å². The number of hydrogen-bond acceptors (Lipinski definition) is 5. The number of allylic oxidation sites excluding steroid dienone is 1. The Bertz CT molecular complexity index is 1030. The SMILES string of the molecule is CC1=C2C[C@H]3[C@@H](CC[C@@H]4Cc5nocc5C[C@@]43C)[C@@H]2CC[C@@]2(C1)O[C@]1(N)C[C@H](C)CN[C@H]1[C@H]2C. The maximum Gasteiger partial charge on any atom is 0.133 e. The average molecular weight is 466 g/mol. The Morgan fingerprint density at radius 2 is 2.00 bits per heavy atom. The molecule has 5 nitrogen and oxygen atoms in total. The lowest BCUT2D eigenvalue weighted by Gasteiger charge is -2.52. The molecule has 3 heterocycles. The van der Waals surface area contributed by atoms with Crippen LogP contribution in [0, 0.1) is 40.9 Å². The molecule has 6 aliphatic rings. The molecule has 3 N–H and O–H groups in total. The smallest absolute Gasteiger partial charge is 0.133 e. The summed E-state index contributed by atoms with van der Waals surface area (Å²) in [5, 5.41) is 8.12. The first-order chi connectivity index (χ1) is 16.2. The highest BCUT2D eigenvalue weighted by Gasteiger charge is 2.62. The van der Waals surface area contributed by atoms with Crippen LogP contribution in [-0.4, -0.2) is 29.1 Å². The van der Waals surface area contributed by atoms with Crippen LogP contribution in [0.25, 0.3) is 0 Å². The van der Waals surface area contributed by atoms with Crippen molar-refractivity contribution < 1.29 is 9.26 Å². The Morgan fingerprint density at radius 3 is 2.85 bits per heavy atom. The molecule has 0 amide bonds. The van der Waals surface area contributed by atoms with Gasteiger partial charge in [0.1, 0.15) is 12.0 Å². The number of nitrogens with two attached hydrogens (primary N) is 1. The highest BCUT2D eigenvalue weighted by atomic mass is 16.5. The lowest BCUT2D eigenvalue weighted by Crippen LogP contribution is -2.61. The molecule has 2 saturated heterocycles. The zero-order valence-electron chi connectivity index (χ0n) is 21.5. The molecule has 0 bridgehead atoms. The molecule has 186 valence electrons. The molecule has 1 spiro atoms. The van der Waals surface area contributed by atoms with Crippen molar-refractivity contribution in [2.45, 2.75) is 103 Å². The van der Waals surface area contributed by atoms with E-state index in [0.717, 1.165) is 62.3 Å². The van der Waals surface area contributed by atoms with Crippen LogP contribution in [0.15, 0.2) is 21.9 Å². The summed E-state index contributed by atoms with van der Waals surface area (Å²) in [5.74, 6) is 4.15. The van der Waals surface area contributed by atoms with Gasteiger partial charge in [-0.2, -0.15) is 0 Å². The Morgan fingerprint density at radius 1 is 1.15 bits per heavy atom. The van der Waals surface area contributed by atoms with E-state index in [1.165, 1.54) is 36.9 Å². The molecule has 4 aliphatic carbocycles. The minimum atomic E-state index is -0.506. The van der Waals surface area contributed by atoms with Gasteiger partial charge in [-0.05, 0) is 106 Å².